The van der Waals surface area contributed by atoms with E-state index in [1.54, 1.807) is 0 Å². The van der Waals surface area contributed by atoms with Crippen LogP contribution in [0.4, 0.5) is 18.9 Å². The van der Waals surface area contributed by atoms with E-state index < -0.39 is 17.5 Å². The number of ether oxygens (including phenoxy) is 2. The highest BCUT2D eigenvalue weighted by Gasteiger charge is 2.14. The highest BCUT2D eigenvalue weighted by Crippen LogP contribution is 2.24. The number of hydrogen-bond donors (Lipinski definition) is 1. The molecule has 0 atom stereocenters. The van der Waals surface area contributed by atoms with E-state index in [9.17, 15) is 13.2 Å². The van der Waals surface area contributed by atoms with Crippen LogP contribution in [0.3, 0.4) is 0 Å². The molecule has 0 amide bonds. The fourth-order valence-corrected chi connectivity index (χ4v) is 1.99. The Morgan fingerprint density at radius 1 is 0.957 bits per heavy atom. The molecule has 0 heterocycles. The predicted molar refractivity (Wildman–Crippen MR) is 79.1 cm³/mol. The van der Waals surface area contributed by atoms with Crippen LogP contribution in [0.25, 0.3) is 0 Å². The zero-order valence-corrected chi connectivity index (χ0v) is 12.7. The second kappa shape index (κ2) is 7.73. The third kappa shape index (κ3) is 4.07. The second-order valence-electron chi connectivity index (χ2n) is 4.59. The van der Waals surface area contributed by atoms with Gasteiger partial charge in [-0.1, -0.05) is 0 Å². The fraction of sp³-hybridized carbons (Fsp3) is 0.250. The Morgan fingerprint density at radius 3 is 2.39 bits per heavy atom. The van der Waals surface area contributed by atoms with Crippen LogP contribution in [0.5, 0.6) is 11.5 Å². The molecule has 0 saturated heterocycles. The van der Waals surface area contributed by atoms with Gasteiger partial charge in [-0.3, -0.25) is 10.3 Å². The topological polar surface area (TPSA) is 39.7 Å². The van der Waals surface area contributed by atoms with Crippen molar-refractivity contribution in [3.63, 3.8) is 0 Å². The Kier molecular flexibility index (Phi) is 5.70. The van der Waals surface area contributed by atoms with Crippen LogP contribution < -0.4 is 15.0 Å². The first-order valence-corrected chi connectivity index (χ1v) is 6.79. The van der Waals surface area contributed by atoms with E-state index in [4.69, 9.17) is 14.3 Å². The van der Waals surface area contributed by atoms with Crippen molar-refractivity contribution in [2.24, 2.45) is 0 Å². The number of halogens is 3. The van der Waals surface area contributed by atoms with Gasteiger partial charge < -0.3 is 9.47 Å². The highest BCUT2D eigenvalue weighted by molar-refractivity contribution is 5.48. The van der Waals surface area contributed by atoms with Crippen LogP contribution >= 0.6 is 0 Å². The van der Waals surface area contributed by atoms with Crippen LogP contribution in [0.1, 0.15) is 5.56 Å². The van der Waals surface area contributed by atoms with Crippen molar-refractivity contribution in [3.8, 4) is 11.5 Å². The first-order chi connectivity index (χ1) is 11.1. The number of rotatable bonds is 7. The van der Waals surface area contributed by atoms with Gasteiger partial charge in [-0.2, -0.15) is 0 Å². The van der Waals surface area contributed by atoms with Gasteiger partial charge in [-0.25, -0.2) is 13.2 Å². The molecule has 0 aromatic heterocycles. The van der Waals surface area contributed by atoms with E-state index in [1.807, 2.05) is 0 Å². The molecule has 23 heavy (non-hydrogen) atoms. The number of methoxy groups -OCH3 is 2. The van der Waals surface area contributed by atoms with E-state index in [1.165, 1.54) is 38.5 Å². The lowest BCUT2D eigenvalue weighted by molar-refractivity contribution is 0.193. The maximum atomic E-state index is 13.8. The summed E-state index contributed by atoms with van der Waals surface area (Å²) in [6.45, 7) is -0.0205. The minimum Gasteiger partial charge on any atom is -0.497 e. The molecule has 0 unspecified atom stereocenters. The van der Waals surface area contributed by atoms with Crippen LogP contribution in [0.15, 0.2) is 30.3 Å². The molecule has 7 heteroatoms. The Hall–Kier alpha value is -2.41. The first-order valence-electron chi connectivity index (χ1n) is 6.79. The molecule has 1 N–H and O–H groups in total. The summed E-state index contributed by atoms with van der Waals surface area (Å²) < 4.78 is 50.5. The molecule has 0 aliphatic carbocycles. The van der Waals surface area contributed by atoms with Gasteiger partial charge in [0.25, 0.3) is 0 Å². The van der Waals surface area contributed by atoms with Crippen molar-refractivity contribution < 1.29 is 27.5 Å². The Labute approximate surface area is 131 Å². The zero-order chi connectivity index (χ0) is 16.8. The van der Waals surface area contributed by atoms with Crippen molar-refractivity contribution in [3.05, 3.63) is 53.3 Å². The van der Waals surface area contributed by atoms with Gasteiger partial charge in [-0.05, 0) is 24.3 Å². The SMILES string of the molecule is COc1ccc(F)c(NOCCc2c(OC)ccc(F)c2F)c1. The summed E-state index contributed by atoms with van der Waals surface area (Å²) in [7, 11) is 2.82. The monoisotopic (exact) mass is 327 g/mol. The van der Waals surface area contributed by atoms with Crippen molar-refractivity contribution >= 4 is 5.69 Å². The van der Waals surface area contributed by atoms with Crippen LogP contribution in [-0.4, -0.2) is 20.8 Å². The van der Waals surface area contributed by atoms with Gasteiger partial charge in [-0.15, -0.1) is 0 Å². The number of hydrogen-bond acceptors (Lipinski definition) is 4. The van der Waals surface area contributed by atoms with E-state index in [0.717, 1.165) is 6.07 Å². The summed E-state index contributed by atoms with van der Waals surface area (Å²) in [5, 5.41) is 0. The molecular weight excluding hydrogens is 311 g/mol. The van der Waals surface area contributed by atoms with Crippen molar-refractivity contribution in [2.75, 3.05) is 26.3 Å². The second-order valence-corrected chi connectivity index (χ2v) is 4.59. The van der Waals surface area contributed by atoms with Gasteiger partial charge in [0.15, 0.2) is 11.6 Å². The molecule has 0 fully saturated rings. The lowest BCUT2D eigenvalue weighted by Crippen LogP contribution is -2.09. The maximum Gasteiger partial charge on any atom is 0.165 e. The van der Waals surface area contributed by atoms with E-state index in [0.29, 0.717) is 5.75 Å². The van der Waals surface area contributed by atoms with E-state index >= 15 is 0 Å². The fourth-order valence-electron chi connectivity index (χ4n) is 1.99. The lowest BCUT2D eigenvalue weighted by Gasteiger charge is -2.12. The smallest absolute Gasteiger partial charge is 0.165 e. The van der Waals surface area contributed by atoms with Gasteiger partial charge in [0, 0.05) is 18.1 Å². The molecule has 0 spiro atoms. The molecule has 0 saturated carbocycles. The number of anilines is 1. The molecule has 2 rings (SSSR count). The molecule has 4 nitrogen and oxygen atoms in total. The molecule has 2 aromatic rings. The van der Waals surface area contributed by atoms with Crippen LogP contribution in [-0.2, 0) is 11.3 Å². The third-order valence-corrected chi connectivity index (χ3v) is 3.18. The highest BCUT2D eigenvalue weighted by atomic mass is 19.2. The van der Waals surface area contributed by atoms with Gasteiger partial charge in [0.2, 0.25) is 0 Å². The van der Waals surface area contributed by atoms with Gasteiger partial charge in [0.1, 0.15) is 17.3 Å². The number of nitrogens with one attached hydrogen (secondary N) is 1. The lowest BCUT2D eigenvalue weighted by atomic mass is 10.1. The summed E-state index contributed by atoms with van der Waals surface area (Å²) in [6, 6.07) is 6.43. The van der Waals surface area contributed by atoms with Crippen molar-refractivity contribution in [1.29, 1.82) is 0 Å². The molecule has 124 valence electrons. The first kappa shape index (κ1) is 17.0. The largest absolute Gasteiger partial charge is 0.497 e. The summed E-state index contributed by atoms with van der Waals surface area (Å²) in [5.74, 6) is -1.80. The molecule has 0 radical (unpaired) electrons. The average Bonchev–Trinajstić information content (AvgIpc) is 2.56. The standard InChI is InChI=1S/C16H16F3NO3/c1-21-10-3-4-12(17)14(9-10)20-23-8-7-11-15(22-2)6-5-13(18)16(11)19/h3-6,9,20H,7-8H2,1-2H3. The summed E-state index contributed by atoms with van der Waals surface area (Å²) in [4.78, 5) is 5.11. The average molecular weight is 327 g/mol. The summed E-state index contributed by atoms with van der Waals surface area (Å²) >= 11 is 0. The Morgan fingerprint density at radius 2 is 1.70 bits per heavy atom. The molecule has 0 aliphatic rings. The predicted octanol–water partition coefficient (Wildman–Crippen LogP) is 3.71. The van der Waals surface area contributed by atoms with E-state index in [2.05, 4.69) is 5.48 Å². The van der Waals surface area contributed by atoms with Gasteiger partial charge in [0.05, 0.1) is 26.5 Å². The summed E-state index contributed by atoms with van der Waals surface area (Å²) in [5.41, 5.74) is 2.55. The van der Waals surface area contributed by atoms with Crippen molar-refractivity contribution in [1.82, 2.24) is 0 Å². The van der Waals surface area contributed by atoms with Gasteiger partial charge >= 0.3 is 0 Å². The molecule has 0 aliphatic heterocycles. The Bertz CT molecular complexity index is 680. The van der Waals surface area contributed by atoms with Crippen LogP contribution in [0.2, 0.25) is 0 Å². The quantitative estimate of drug-likeness (QED) is 0.622. The normalized spacial score (nSPS) is 10.5. The maximum absolute atomic E-state index is 13.8. The molecular formula is C16H16F3NO3. The van der Waals surface area contributed by atoms with E-state index in [-0.39, 0.29) is 30.0 Å². The van der Waals surface area contributed by atoms with Crippen LogP contribution in [0, 0.1) is 17.5 Å². The Balaban J connectivity index is 1.97. The zero-order valence-electron chi connectivity index (χ0n) is 12.7. The minimum atomic E-state index is -0.986. The number of benzene rings is 2. The summed E-state index contributed by atoms with van der Waals surface area (Å²) in [6.07, 6.45) is 0.0470. The van der Waals surface area contributed by atoms with Crippen molar-refractivity contribution in [2.45, 2.75) is 6.42 Å². The minimum absolute atomic E-state index is 0.0205. The third-order valence-electron chi connectivity index (χ3n) is 3.18. The molecule has 0 bridgehead atoms. The molecule has 2 aromatic carbocycles.